The van der Waals surface area contributed by atoms with Gasteiger partial charge in [0.1, 0.15) is 11.6 Å². The predicted octanol–water partition coefficient (Wildman–Crippen LogP) is 2.73. The predicted molar refractivity (Wildman–Crippen MR) is 75.8 cm³/mol. The lowest BCUT2D eigenvalue weighted by Gasteiger charge is -2.11. The van der Waals surface area contributed by atoms with Crippen LogP contribution in [0.5, 0.6) is 5.75 Å². The molecule has 2 aromatic rings. The molecule has 3 rings (SSSR count). The highest BCUT2D eigenvalue weighted by molar-refractivity contribution is 5.49. The number of aromatic nitrogens is 2. The van der Waals surface area contributed by atoms with Crippen LogP contribution in [0.2, 0.25) is 0 Å². The van der Waals surface area contributed by atoms with Gasteiger partial charge in [-0.15, -0.1) is 0 Å². The summed E-state index contributed by atoms with van der Waals surface area (Å²) in [6, 6.07) is 8.02. The summed E-state index contributed by atoms with van der Waals surface area (Å²) >= 11 is 0. The Balaban J connectivity index is 1.92. The van der Waals surface area contributed by atoms with Crippen molar-refractivity contribution < 1.29 is 4.74 Å². The van der Waals surface area contributed by atoms with Gasteiger partial charge in [-0.3, -0.25) is 0 Å². The summed E-state index contributed by atoms with van der Waals surface area (Å²) in [5.74, 6) is 1.56. The zero-order valence-corrected chi connectivity index (χ0v) is 11.4. The van der Waals surface area contributed by atoms with Gasteiger partial charge < -0.3 is 10.5 Å². The van der Waals surface area contributed by atoms with Crippen molar-refractivity contribution >= 4 is 5.82 Å². The zero-order valence-electron chi connectivity index (χ0n) is 11.4. The molecule has 4 heteroatoms. The summed E-state index contributed by atoms with van der Waals surface area (Å²) in [6.45, 7) is 4.05. The Morgan fingerprint density at radius 1 is 1.21 bits per heavy atom. The number of hydrogen-bond acceptors (Lipinski definition) is 3. The molecule has 1 aliphatic carbocycles. The molecule has 0 fully saturated rings. The summed E-state index contributed by atoms with van der Waals surface area (Å²) in [6.07, 6.45) is 3.47. The van der Waals surface area contributed by atoms with E-state index in [0.29, 0.717) is 5.82 Å². The van der Waals surface area contributed by atoms with Crippen LogP contribution in [0.4, 0.5) is 5.82 Å². The minimum absolute atomic E-state index is 0.190. The average molecular weight is 257 g/mol. The van der Waals surface area contributed by atoms with E-state index in [-0.39, 0.29) is 6.10 Å². The molecular formula is C15H19N3O. The van der Waals surface area contributed by atoms with E-state index in [9.17, 15) is 0 Å². The Labute approximate surface area is 113 Å². The van der Waals surface area contributed by atoms with Gasteiger partial charge in [-0.1, -0.05) is 0 Å². The van der Waals surface area contributed by atoms with Crippen molar-refractivity contribution in [2.75, 3.05) is 5.73 Å². The van der Waals surface area contributed by atoms with Crippen LogP contribution in [0.25, 0.3) is 5.69 Å². The molecule has 0 saturated heterocycles. The molecule has 0 radical (unpaired) electrons. The fraction of sp³-hybridized carbons (Fsp3) is 0.400. The number of nitrogens with zero attached hydrogens (tertiary/aromatic N) is 2. The van der Waals surface area contributed by atoms with Gasteiger partial charge in [0.25, 0.3) is 0 Å². The fourth-order valence-corrected chi connectivity index (χ4v) is 2.62. The van der Waals surface area contributed by atoms with Gasteiger partial charge in [-0.05, 0) is 57.4 Å². The van der Waals surface area contributed by atoms with Gasteiger partial charge >= 0.3 is 0 Å². The molecule has 0 aliphatic heterocycles. The Kier molecular flexibility index (Phi) is 2.93. The Morgan fingerprint density at radius 2 is 1.95 bits per heavy atom. The first-order valence-corrected chi connectivity index (χ1v) is 6.78. The lowest BCUT2D eigenvalue weighted by atomic mass is 10.2. The SMILES string of the molecule is CC(C)Oc1ccc(-n2nc(N)c3c2CCC3)cc1. The lowest BCUT2D eigenvalue weighted by Crippen LogP contribution is -2.06. The van der Waals surface area contributed by atoms with E-state index in [1.165, 1.54) is 17.7 Å². The zero-order chi connectivity index (χ0) is 13.4. The summed E-state index contributed by atoms with van der Waals surface area (Å²) in [4.78, 5) is 0. The molecule has 0 bridgehead atoms. The van der Waals surface area contributed by atoms with Crippen LogP contribution in [0, 0.1) is 0 Å². The maximum Gasteiger partial charge on any atom is 0.149 e. The van der Waals surface area contributed by atoms with E-state index in [0.717, 1.165) is 24.3 Å². The van der Waals surface area contributed by atoms with Crippen molar-refractivity contribution in [1.82, 2.24) is 9.78 Å². The molecule has 4 nitrogen and oxygen atoms in total. The molecule has 1 aromatic carbocycles. The van der Waals surface area contributed by atoms with Crippen molar-refractivity contribution in [3.05, 3.63) is 35.5 Å². The number of rotatable bonds is 3. The summed E-state index contributed by atoms with van der Waals surface area (Å²) in [5.41, 5.74) is 9.50. The molecule has 19 heavy (non-hydrogen) atoms. The van der Waals surface area contributed by atoms with E-state index in [2.05, 4.69) is 5.10 Å². The van der Waals surface area contributed by atoms with Gasteiger partial charge in [-0.2, -0.15) is 5.10 Å². The third kappa shape index (κ3) is 2.18. The third-order valence-electron chi connectivity index (χ3n) is 3.41. The minimum Gasteiger partial charge on any atom is -0.491 e. The molecule has 1 aliphatic rings. The van der Waals surface area contributed by atoms with Crippen LogP contribution >= 0.6 is 0 Å². The molecule has 0 spiro atoms. The first-order valence-electron chi connectivity index (χ1n) is 6.78. The minimum atomic E-state index is 0.190. The normalized spacial score (nSPS) is 13.8. The van der Waals surface area contributed by atoms with Crippen LogP contribution in [0.3, 0.4) is 0 Å². The van der Waals surface area contributed by atoms with E-state index >= 15 is 0 Å². The number of benzene rings is 1. The number of nitrogen functional groups attached to an aromatic ring is 1. The van der Waals surface area contributed by atoms with Gasteiger partial charge in [0.15, 0.2) is 0 Å². The Hall–Kier alpha value is -1.97. The van der Waals surface area contributed by atoms with E-state index in [4.69, 9.17) is 10.5 Å². The van der Waals surface area contributed by atoms with Crippen LogP contribution < -0.4 is 10.5 Å². The molecule has 0 atom stereocenters. The van der Waals surface area contributed by atoms with E-state index in [1.807, 2.05) is 42.8 Å². The molecule has 1 heterocycles. The number of ether oxygens (including phenoxy) is 1. The van der Waals surface area contributed by atoms with Gasteiger partial charge in [-0.25, -0.2) is 4.68 Å². The number of fused-ring (bicyclic) bond motifs is 1. The molecule has 0 amide bonds. The number of anilines is 1. The largest absolute Gasteiger partial charge is 0.491 e. The van der Waals surface area contributed by atoms with Crippen molar-refractivity contribution in [1.29, 1.82) is 0 Å². The highest BCUT2D eigenvalue weighted by atomic mass is 16.5. The quantitative estimate of drug-likeness (QED) is 0.919. The molecule has 100 valence electrons. The standard InChI is InChI=1S/C15H19N3O/c1-10(2)19-12-8-6-11(7-9-12)18-14-5-3-4-13(14)15(16)17-18/h6-10H,3-5H2,1-2H3,(H2,16,17). The first-order chi connectivity index (χ1) is 9.15. The monoisotopic (exact) mass is 257 g/mol. The molecule has 0 unspecified atom stereocenters. The fourth-order valence-electron chi connectivity index (χ4n) is 2.62. The second-order valence-electron chi connectivity index (χ2n) is 5.24. The second-order valence-corrected chi connectivity index (χ2v) is 5.24. The van der Waals surface area contributed by atoms with Crippen molar-refractivity contribution in [2.45, 2.75) is 39.2 Å². The maximum atomic E-state index is 5.97. The van der Waals surface area contributed by atoms with Crippen molar-refractivity contribution in [2.24, 2.45) is 0 Å². The summed E-state index contributed by atoms with van der Waals surface area (Å²) < 4.78 is 7.62. The van der Waals surface area contributed by atoms with Gasteiger partial charge in [0.2, 0.25) is 0 Å². The summed E-state index contributed by atoms with van der Waals surface area (Å²) in [5, 5.41) is 4.45. The molecule has 1 aromatic heterocycles. The second kappa shape index (κ2) is 4.61. The Bertz CT molecular complexity index is 584. The average Bonchev–Trinajstić information content (AvgIpc) is 2.94. The smallest absolute Gasteiger partial charge is 0.149 e. The van der Waals surface area contributed by atoms with Crippen LogP contribution in [0.1, 0.15) is 31.5 Å². The number of hydrogen-bond donors (Lipinski definition) is 1. The van der Waals surface area contributed by atoms with Crippen molar-refractivity contribution in [3.63, 3.8) is 0 Å². The van der Waals surface area contributed by atoms with Crippen LogP contribution in [-0.2, 0) is 12.8 Å². The topological polar surface area (TPSA) is 53.1 Å². The van der Waals surface area contributed by atoms with Crippen molar-refractivity contribution in [3.8, 4) is 11.4 Å². The lowest BCUT2D eigenvalue weighted by molar-refractivity contribution is 0.242. The summed E-state index contributed by atoms with van der Waals surface area (Å²) in [7, 11) is 0. The van der Waals surface area contributed by atoms with Crippen LogP contribution in [0.15, 0.2) is 24.3 Å². The highest BCUT2D eigenvalue weighted by Crippen LogP contribution is 2.29. The molecule has 2 N–H and O–H groups in total. The highest BCUT2D eigenvalue weighted by Gasteiger charge is 2.21. The molecule has 0 saturated carbocycles. The van der Waals surface area contributed by atoms with Gasteiger partial charge in [0.05, 0.1) is 11.8 Å². The van der Waals surface area contributed by atoms with Crippen LogP contribution in [-0.4, -0.2) is 15.9 Å². The van der Waals surface area contributed by atoms with E-state index in [1.54, 1.807) is 0 Å². The van der Waals surface area contributed by atoms with Gasteiger partial charge in [0, 0.05) is 11.3 Å². The maximum absolute atomic E-state index is 5.97. The number of nitrogens with two attached hydrogens (primary N) is 1. The van der Waals surface area contributed by atoms with E-state index < -0.39 is 0 Å². The molecular weight excluding hydrogens is 238 g/mol. The third-order valence-corrected chi connectivity index (χ3v) is 3.41. The Morgan fingerprint density at radius 3 is 2.63 bits per heavy atom. The first kappa shape index (κ1) is 12.1.